The van der Waals surface area contributed by atoms with Crippen LogP contribution in [0, 0.1) is 5.92 Å². The van der Waals surface area contributed by atoms with E-state index in [0.29, 0.717) is 12.3 Å². The molecule has 3 N–H and O–H groups in total. The van der Waals surface area contributed by atoms with Gasteiger partial charge >= 0.3 is 0 Å². The van der Waals surface area contributed by atoms with Gasteiger partial charge in [-0.2, -0.15) is 0 Å². The zero-order chi connectivity index (χ0) is 21.2. The molecule has 1 aromatic carbocycles. The van der Waals surface area contributed by atoms with E-state index in [1.165, 1.54) is 12.3 Å². The quantitative estimate of drug-likeness (QED) is 0.554. The standard InChI is InChI=1S/C23H27N3O4/c27-21(11-10-20-9-4-14-30-20)24-13-12-22(28)25-16-17-5-3-8-19(15-17)26-23(29)18-6-1-2-7-18/h3-5,8-11,14-15,18H,1-2,6-7,12-13,16H2,(H,24,27)(H,25,28)(H,26,29)/b11-10+. The molecule has 0 bridgehead atoms. The van der Waals surface area contributed by atoms with Crippen molar-refractivity contribution in [2.45, 2.75) is 38.6 Å². The second-order valence-corrected chi connectivity index (χ2v) is 7.34. The molecule has 158 valence electrons. The van der Waals surface area contributed by atoms with Crippen LogP contribution in [0.3, 0.4) is 0 Å². The van der Waals surface area contributed by atoms with Crippen LogP contribution in [-0.2, 0) is 20.9 Å². The highest BCUT2D eigenvalue weighted by atomic mass is 16.3. The van der Waals surface area contributed by atoms with E-state index in [1.807, 2.05) is 24.3 Å². The van der Waals surface area contributed by atoms with Gasteiger partial charge in [0.05, 0.1) is 6.26 Å². The summed E-state index contributed by atoms with van der Waals surface area (Å²) in [7, 11) is 0. The largest absolute Gasteiger partial charge is 0.465 e. The summed E-state index contributed by atoms with van der Waals surface area (Å²) in [6, 6.07) is 11.0. The maximum absolute atomic E-state index is 12.3. The summed E-state index contributed by atoms with van der Waals surface area (Å²) >= 11 is 0. The average Bonchev–Trinajstić information content (AvgIpc) is 3.45. The van der Waals surface area contributed by atoms with Gasteiger partial charge in [-0.1, -0.05) is 25.0 Å². The van der Waals surface area contributed by atoms with Gasteiger partial charge in [0.15, 0.2) is 0 Å². The number of amides is 3. The van der Waals surface area contributed by atoms with Gasteiger partial charge in [-0.15, -0.1) is 0 Å². The van der Waals surface area contributed by atoms with Crippen LogP contribution >= 0.6 is 0 Å². The number of anilines is 1. The molecule has 0 aliphatic heterocycles. The van der Waals surface area contributed by atoms with Crippen LogP contribution in [0.2, 0.25) is 0 Å². The van der Waals surface area contributed by atoms with Crippen molar-refractivity contribution in [1.29, 1.82) is 0 Å². The Morgan fingerprint density at radius 3 is 2.67 bits per heavy atom. The van der Waals surface area contributed by atoms with Crippen molar-refractivity contribution in [3.8, 4) is 0 Å². The van der Waals surface area contributed by atoms with Crippen molar-refractivity contribution in [3.05, 3.63) is 60.1 Å². The maximum atomic E-state index is 12.3. The molecule has 2 aromatic rings. The van der Waals surface area contributed by atoms with Crippen molar-refractivity contribution < 1.29 is 18.8 Å². The van der Waals surface area contributed by atoms with Gasteiger partial charge in [0.2, 0.25) is 17.7 Å². The van der Waals surface area contributed by atoms with Gasteiger partial charge in [0.25, 0.3) is 0 Å². The molecule has 1 aliphatic rings. The summed E-state index contributed by atoms with van der Waals surface area (Å²) < 4.78 is 5.10. The van der Waals surface area contributed by atoms with E-state index in [0.717, 1.165) is 36.9 Å². The summed E-state index contributed by atoms with van der Waals surface area (Å²) in [6.07, 6.45) is 8.78. The minimum absolute atomic E-state index is 0.0746. The Kier molecular flexibility index (Phi) is 7.83. The molecule has 0 saturated heterocycles. The second kappa shape index (κ2) is 11.0. The van der Waals surface area contributed by atoms with Gasteiger partial charge < -0.3 is 20.4 Å². The molecule has 0 spiro atoms. The van der Waals surface area contributed by atoms with Crippen LogP contribution < -0.4 is 16.0 Å². The minimum atomic E-state index is -0.287. The van der Waals surface area contributed by atoms with Crippen LogP contribution in [0.4, 0.5) is 5.69 Å². The lowest BCUT2D eigenvalue weighted by Crippen LogP contribution is -2.29. The number of rotatable bonds is 9. The van der Waals surface area contributed by atoms with Crippen molar-refractivity contribution in [1.82, 2.24) is 10.6 Å². The highest BCUT2D eigenvalue weighted by Gasteiger charge is 2.22. The molecular formula is C23H27N3O4. The zero-order valence-corrected chi connectivity index (χ0v) is 16.9. The molecule has 3 amide bonds. The predicted molar refractivity (Wildman–Crippen MR) is 114 cm³/mol. The number of benzene rings is 1. The Hall–Kier alpha value is -3.35. The van der Waals surface area contributed by atoms with E-state index >= 15 is 0 Å². The number of hydrogen-bond donors (Lipinski definition) is 3. The van der Waals surface area contributed by atoms with Crippen LogP contribution in [-0.4, -0.2) is 24.3 Å². The summed E-state index contributed by atoms with van der Waals surface area (Å²) in [6.45, 7) is 0.600. The van der Waals surface area contributed by atoms with E-state index < -0.39 is 0 Å². The molecule has 1 saturated carbocycles. The first-order valence-corrected chi connectivity index (χ1v) is 10.3. The lowest BCUT2D eigenvalue weighted by Gasteiger charge is -2.12. The zero-order valence-electron chi connectivity index (χ0n) is 16.9. The van der Waals surface area contributed by atoms with Crippen molar-refractivity contribution in [3.63, 3.8) is 0 Å². The molecule has 1 heterocycles. The minimum Gasteiger partial charge on any atom is -0.465 e. The number of hydrogen-bond acceptors (Lipinski definition) is 4. The van der Waals surface area contributed by atoms with E-state index in [2.05, 4.69) is 16.0 Å². The summed E-state index contributed by atoms with van der Waals surface area (Å²) in [5, 5.41) is 8.45. The molecule has 7 heteroatoms. The lowest BCUT2D eigenvalue weighted by molar-refractivity contribution is -0.121. The Bertz CT molecular complexity index is 884. The smallest absolute Gasteiger partial charge is 0.244 e. The molecule has 3 rings (SSSR count). The first kappa shape index (κ1) is 21.4. The molecule has 0 radical (unpaired) electrons. The Morgan fingerprint density at radius 2 is 1.90 bits per heavy atom. The molecule has 0 atom stereocenters. The number of nitrogens with one attached hydrogen (secondary N) is 3. The first-order chi connectivity index (χ1) is 14.6. The molecule has 7 nitrogen and oxygen atoms in total. The Balaban J connectivity index is 1.36. The van der Waals surface area contributed by atoms with Crippen molar-refractivity contribution in [2.75, 3.05) is 11.9 Å². The maximum Gasteiger partial charge on any atom is 0.244 e. The van der Waals surface area contributed by atoms with Crippen molar-refractivity contribution in [2.24, 2.45) is 5.92 Å². The van der Waals surface area contributed by atoms with Gasteiger partial charge in [0.1, 0.15) is 5.76 Å². The Labute approximate surface area is 175 Å². The average molecular weight is 409 g/mol. The molecule has 1 fully saturated rings. The SMILES string of the molecule is O=C(/C=C/c1ccco1)NCCC(=O)NCc1cccc(NC(=O)C2CCCC2)c1. The van der Waals surface area contributed by atoms with Crippen molar-refractivity contribution >= 4 is 29.5 Å². The molecule has 1 aromatic heterocycles. The van der Waals surface area contributed by atoms with Gasteiger partial charge in [-0.25, -0.2) is 0 Å². The molecular weight excluding hydrogens is 382 g/mol. The highest BCUT2D eigenvalue weighted by Crippen LogP contribution is 2.26. The molecule has 0 unspecified atom stereocenters. The van der Waals surface area contributed by atoms with E-state index in [9.17, 15) is 14.4 Å². The number of carbonyl (C=O) groups is 3. The molecule has 30 heavy (non-hydrogen) atoms. The third kappa shape index (κ3) is 6.92. The van der Waals surface area contributed by atoms with Gasteiger partial charge in [0, 0.05) is 37.2 Å². The third-order valence-electron chi connectivity index (χ3n) is 5.00. The summed E-state index contributed by atoms with van der Waals surface area (Å²) in [4.78, 5) is 36.0. The fourth-order valence-corrected chi connectivity index (χ4v) is 3.38. The number of carbonyl (C=O) groups excluding carboxylic acids is 3. The fraction of sp³-hybridized carbons (Fsp3) is 0.348. The second-order valence-electron chi connectivity index (χ2n) is 7.34. The van der Waals surface area contributed by atoms with E-state index in [1.54, 1.807) is 18.2 Å². The van der Waals surface area contributed by atoms with Crippen LogP contribution in [0.1, 0.15) is 43.4 Å². The summed E-state index contributed by atoms with van der Waals surface area (Å²) in [5.74, 6) is 0.322. The van der Waals surface area contributed by atoms with Gasteiger partial charge in [-0.05, 0) is 48.7 Å². The van der Waals surface area contributed by atoms with Crippen LogP contribution in [0.5, 0.6) is 0 Å². The predicted octanol–water partition coefficient (Wildman–Crippen LogP) is 3.24. The summed E-state index contributed by atoms with van der Waals surface area (Å²) in [5.41, 5.74) is 1.65. The lowest BCUT2D eigenvalue weighted by atomic mass is 10.1. The van der Waals surface area contributed by atoms with Gasteiger partial charge in [-0.3, -0.25) is 14.4 Å². The number of furan rings is 1. The third-order valence-corrected chi connectivity index (χ3v) is 5.00. The topological polar surface area (TPSA) is 100 Å². The highest BCUT2D eigenvalue weighted by molar-refractivity contribution is 5.93. The van der Waals surface area contributed by atoms with E-state index in [-0.39, 0.29) is 36.6 Å². The fourth-order valence-electron chi connectivity index (χ4n) is 3.38. The first-order valence-electron chi connectivity index (χ1n) is 10.3. The normalized spacial score (nSPS) is 14.0. The molecule has 1 aliphatic carbocycles. The monoisotopic (exact) mass is 409 g/mol. The van der Waals surface area contributed by atoms with E-state index in [4.69, 9.17) is 4.42 Å². The van der Waals surface area contributed by atoms with Crippen LogP contribution in [0.25, 0.3) is 6.08 Å². The Morgan fingerprint density at radius 1 is 1.07 bits per heavy atom. The van der Waals surface area contributed by atoms with Crippen LogP contribution in [0.15, 0.2) is 53.2 Å².